The highest BCUT2D eigenvalue weighted by molar-refractivity contribution is 5.96. The number of nitrogens with two attached hydrogens (primary N) is 1. The van der Waals surface area contributed by atoms with E-state index in [9.17, 15) is 4.79 Å². The van der Waals surface area contributed by atoms with Crippen molar-refractivity contribution in [3.63, 3.8) is 0 Å². The summed E-state index contributed by atoms with van der Waals surface area (Å²) in [4.78, 5) is 11.2. The lowest BCUT2D eigenvalue weighted by Crippen LogP contribution is -2.14. The van der Waals surface area contributed by atoms with E-state index in [-0.39, 0.29) is 0 Å². The predicted molar refractivity (Wildman–Crippen MR) is 64.6 cm³/mol. The topological polar surface area (TPSA) is 52.3 Å². The van der Waals surface area contributed by atoms with Gasteiger partial charge in [-0.15, -0.1) is 6.58 Å². The lowest BCUT2D eigenvalue weighted by molar-refractivity contribution is 0.0996. The molecule has 3 heteroatoms. The van der Waals surface area contributed by atoms with E-state index < -0.39 is 5.91 Å². The van der Waals surface area contributed by atoms with Gasteiger partial charge in [0.15, 0.2) is 0 Å². The number of amides is 1. The van der Waals surface area contributed by atoms with Crippen LogP contribution in [0.5, 0.6) is 5.75 Å². The Morgan fingerprint density at radius 3 is 2.69 bits per heavy atom. The molecule has 0 saturated carbocycles. The average molecular weight is 217 g/mol. The quantitative estimate of drug-likeness (QED) is 0.742. The summed E-state index contributed by atoms with van der Waals surface area (Å²) in [5, 5.41) is 0. The summed E-state index contributed by atoms with van der Waals surface area (Å²) in [7, 11) is 0. The zero-order chi connectivity index (χ0) is 12.0. The lowest BCUT2D eigenvalue weighted by atomic mass is 10.1. The van der Waals surface area contributed by atoms with Gasteiger partial charge in [0.2, 0.25) is 0 Å². The van der Waals surface area contributed by atoms with E-state index in [0.29, 0.717) is 24.3 Å². The molecule has 1 aromatic carbocycles. The van der Waals surface area contributed by atoms with E-state index in [1.807, 2.05) is 6.07 Å². The number of carbonyl (C=O) groups is 1. The Bertz CT molecular complexity index is 410. The number of allylic oxidation sites excluding steroid dienone is 1. The monoisotopic (exact) mass is 217 g/mol. The molecule has 0 unspecified atom stereocenters. The van der Waals surface area contributed by atoms with Crippen LogP contribution in [0.1, 0.15) is 15.9 Å². The summed E-state index contributed by atoms with van der Waals surface area (Å²) < 4.78 is 5.46. The third-order valence-electron chi connectivity index (χ3n) is 2.07. The first-order valence-corrected chi connectivity index (χ1v) is 4.97. The lowest BCUT2D eigenvalue weighted by Gasteiger charge is -2.12. The highest BCUT2D eigenvalue weighted by Crippen LogP contribution is 2.24. The fourth-order valence-corrected chi connectivity index (χ4v) is 1.41. The highest BCUT2D eigenvalue weighted by Gasteiger charge is 2.12. The molecule has 2 N–H and O–H groups in total. The Labute approximate surface area is 95.2 Å². The van der Waals surface area contributed by atoms with Crippen molar-refractivity contribution in [1.29, 1.82) is 0 Å². The molecule has 0 saturated heterocycles. The first kappa shape index (κ1) is 12.0. The molecule has 84 valence electrons. The summed E-state index contributed by atoms with van der Waals surface area (Å²) in [5.41, 5.74) is 6.57. The minimum atomic E-state index is -0.495. The second kappa shape index (κ2) is 5.75. The van der Waals surface area contributed by atoms with Gasteiger partial charge in [-0.05, 0) is 18.1 Å². The van der Waals surface area contributed by atoms with Crippen molar-refractivity contribution in [3.05, 3.63) is 54.6 Å². The van der Waals surface area contributed by atoms with Crippen LogP contribution in [0.3, 0.4) is 0 Å². The molecule has 0 atom stereocenters. The molecule has 0 radical (unpaired) electrons. The molecule has 0 fully saturated rings. The molecule has 1 aromatic rings. The maximum absolute atomic E-state index is 11.2. The molecule has 0 aliphatic heterocycles. The van der Waals surface area contributed by atoms with Crippen molar-refractivity contribution in [2.24, 2.45) is 5.73 Å². The molecule has 0 heterocycles. The van der Waals surface area contributed by atoms with E-state index in [0.717, 1.165) is 5.56 Å². The van der Waals surface area contributed by atoms with Gasteiger partial charge in [0.1, 0.15) is 12.4 Å². The van der Waals surface area contributed by atoms with Gasteiger partial charge in [-0.1, -0.05) is 30.9 Å². The van der Waals surface area contributed by atoms with Gasteiger partial charge in [0.05, 0.1) is 5.56 Å². The minimum absolute atomic E-state index is 0.342. The first-order valence-electron chi connectivity index (χ1n) is 4.97. The van der Waals surface area contributed by atoms with Crippen molar-refractivity contribution in [2.45, 2.75) is 6.42 Å². The Morgan fingerprint density at radius 2 is 2.12 bits per heavy atom. The van der Waals surface area contributed by atoms with E-state index in [4.69, 9.17) is 10.5 Å². The van der Waals surface area contributed by atoms with Crippen molar-refractivity contribution in [1.82, 2.24) is 0 Å². The first-order chi connectivity index (χ1) is 7.70. The van der Waals surface area contributed by atoms with Crippen molar-refractivity contribution < 1.29 is 9.53 Å². The third-order valence-corrected chi connectivity index (χ3v) is 2.07. The molecule has 0 bridgehead atoms. The maximum atomic E-state index is 11.2. The number of carbonyl (C=O) groups excluding carboxylic acids is 1. The van der Waals surface area contributed by atoms with E-state index >= 15 is 0 Å². The van der Waals surface area contributed by atoms with Crippen LogP contribution in [0, 0.1) is 0 Å². The Kier molecular flexibility index (Phi) is 4.33. The molecule has 0 spiro atoms. The van der Waals surface area contributed by atoms with Crippen LogP contribution in [-0.4, -0.2) is 12.5 Å². The van der Waals surface area contributed by atoms with Crippen LogP contribution in [0.25, 0.3) is 0 Å². The number of para-hydroxylation sites is 1. The standard InChI is InChI=1S/C13H15NO2/c1-3-6-10-7-5-8-11(13(14)15)12(10)16-9-4-2/h3-5,7-8H,1-2,6,9H2,(H2,14,15). The zero-order valence-corrected chi connectivity index (χ0v) is 9.11. The van der Waals surface area contributed by atoms with Gasteiger partial charge >= 0.3 is 0 Å². The fraction of sp³-hybridized carbons (Fsp3) is 0.154. The van der Waals surface area contributed by atoms with Crippen molar-refractivity contribution in [3.8, 4) is 5.75 Å². The molecule has 0 aliphatic rings. The SMILES string of the molecule is C=CCOc1c(CC=C)cccc1C(N)=O. The number of primary amides is 1. The molecular formula is C13H15NO2. The second-order valence-electron chi connectivity index (χ2n) is 3.25. The van der Waals surface area contributed by atoms with E-state index in [2.05, 4.69) is 13.2 Å². The molecule has 3 nitrogen and oxygen atoms in total. The molecule has 16 heavy (non-hydrogen) atoms. The van der Waals surface area contributed by atoms with Crippen LogP contribution in [-0.2, 0) is 6.42 Å². The van der Waals surface area contributed by atoms with Crippen LogP contribution >= 0.6 is 0 Å². The van der Waals surface area contributed by atoms with E-state index in [1.54, 1.807) is 24.3 Å². The van der Waals surface area contributed by atoms with Gasteiger partial charge in [-0.2, -0.15) is 0 Å². The summed E-state index contributed by atoms with van der Waals surface area (Å²) >= 11 is 0. The maximum Gasteiger partial charge on any atom is 0.252 e. The zero-order valence-electron chi connectivity index (χ0n) is 9.11. The van der Waals surface area contributed by atoms with E-state index in [1.165, 1.54) is 0 Å². The van der Waals surface area contributed by atoms with Crippen molar-refractivity contribution >= 4 is 5.91 Å². The largest absolute Gasteiger partial charge is 0.488 e. The van der Waals surface area contributed by atoms with Crippen LogP contribution in [0.4, 0.5) is 0 Å². The van der Waals surface area contributed by atoms with Crippen LogP contribution in [0.2, 0.25) is 0 Å². The molecule has 1 rings (SSSR count). The average Bonchev–Trinajstić information content (AvgIpc) is 2.27. The van der Waals surface area contributed by atoms with Gasteiger partial charge in [-0.25, -0.2) is 0 Å². The second-order valence-corrected chi connectivity index (χ2v) is 3.25. The Balaban J connectivity index is 3.16. The number of hydrogen-bond acceptors (Lipinski definition) is 2. The number of ether oxygens (including phenoxy) is 1. The number of rotatable bonds is 6. The summed E-state index contributed by atoms with van der Waals surface area (Å²) in [6.07, 6.45) is 4.00. The van der Waals surface area contributed by atoms with Gasteiger partial charge in [0, 0.05) is 0 Å². The van der Waals surface area contributed by atoms with Crippen LogP contribution in [0.15, 0.2) is 43.5 Å². The molecular weight excluding hydrogens is 202 g/mol. The van der Waals surface area contributed by atoms with Gasteiger partial charge < -0.3 is 10.5 Å². The smallest absolute Gasteiger partial charge is 0.252 e. The predicted octanol–water partition coefficient (Wildman–Crippen LogP) is 2.08. The number of hydrogen-bond donors (Lipinski definition) is 1. The minimum Gasteiger partial charge on any atom is -0.488 e. The Hall–Kier alpha value is -2.03. The van der Waals surface area contributed by atoms with Crippen LogP contribution < -0.4 is 10.5 Å². The van der Waals surface area contributed by atoms with Gasteiger partial charge in [-0.3, -0.25) is 4.79 Å². The summed E-state index contributed by atoms with van der Waals surface area (Å²) in [6.45, 7) is 7.57. The molecule has 0 aliphatic carbocycles. The fourth-order valence-electron chi connectivity index (χ4n) is 1.41. The summed E-state index contributed by atoms with van der Waals surface area (Å²) in [5.74, 6) is 0.0276. The third kappa shape index (κ3) is 2.73. The molecule has 1 amide bonds. The van der Waals surface area contributed by atoms with Crippen molar-refractivity contribution in [2.75, 3.05) is 6.61 Å². The Morgan fingerprint density at radius 1 is 1.38 bits per heavy atom. The van der Waals surface area contributed by atoms with Gasteiger partial charge in [0.25, 0.3) is 5.91 Å². The number of benzene rings is 1. The molecule has 0 aromatic heterocycles. The summed E-state index contributed by atoms with van der Waals surface area (Å²) in [6, 6.07) is 5.31. The normalized spacial score (nSPS) is 9.50. The highest BCUT2D eigenvalue weighted by atomic mass is 16.5.